The zero-order valence-electron chi connectivity index (χ0n) is 19.0. The predicted molar refractivity (Wildman–Crippen MR) is 133 cm³/mol. The number of carbonyl (C=O) groups excluding carboxylic acids is 1. The van der Waals surface area contributed by atoms with Crippen molar-refractivity contribution in [3.05, 3.63) is 60.4 Å². The molecule has 4 bridgehead atoms. The lowest BCUT2D eigenvalue weighted by molar-refractivity contribution is 0.0359. The van der Waals surface area contributed by atoms with Crippen molar-refractivity contribution < 1.29 is 19.0 Å². The van der Waals surface area contributed by atoms with Gasteiger partial charge in [-0.2, -0.15) is 0 Å². The number of hydrogen-bond donors (Lipinski definition) is 2. The van der Waals surface area contributed by atoms with E-state index in [9.17, 15) is 4.79 Å². The van der Waals surface area contributed by atoms with Gasteiger partial charge in [-0.05, 0) is 30.7 Å². The van der Waals surface area contributed by atoms with Crippen LogP contribution in [-0.4, -0.2) is 54.2 Å². The number of benzene rings is 2. The van der Waals surface area contributed by atoms with Gasteiger partial charge in [-0.1, -0.05) is 31.2 Å². The minimum Gasteiger partial charge on any atom is -0.489 e. The Kier molecular flexibility index (Phi) is 8.35. The van der Waals surface area contributed by atoms with Crippen LogP contribution in [0.5, 0.6) is 5.75 Å². The molecule has 0 fully saturated rings. The molecule has 1 atom stereocenters. The number of rotatable bonds is 0. The summed E-state index contributed by atoms with van der Waals surface area (Å²) in [6, 6.07) is 15.2. The van der Waals surface area contributed by atoms with Crippen molar-refractivity contribution in [3.63, 3.8) is 0 Å². The van der Waals surface area contributed by atoms with Crippen molar-refractivity contribution in [2.75, 3.05) is 44.1 Å². The fourth-order valence-corrected chi connectivity index (χ4v) is 4.33. The zero-order chi connectivity index (χ0) is 23.8. The molecule has 5 rings (SSSR count). The van der Waals surface area contributed by atoms with E-state index in [0.717, 1.165) is 16.9 Å². The van der Waals surface area contributed by atoms with Gasteiger partial charge in [0.05, 0.1) is 37.4 Å². The second-order valence-electron chi connectivity index (χ2n) is 7.75. The Bertz CT molecular complexity index is 1110. The molecular weight excluding hydrogens is 452 g/mol. The lowest BCUT2D eigenvalue weighted by Crippen LogP contribution is -2.18. The first-order chi connectivity index (χ1) is 16.6. The first kappa shape index (κ1) is 24.0. The molecule has 34 heavy (non-hydrogen) atoms. The molecule has 178 valence electrons. The monoisotopic (exact) mass is 480 g/mol. The summed E-state index contributed by atoms with van der Waals surface area (Å²) in [7, 11) is 0. The summed E-state index contributed by atoms with van der Waals surface area (Å²) in [6.07, 6.45) is 2.51. The molecule has 2 aromatic carbocycles. The number of para-hydroxylation sites is 2. The van der Waals surface area contributed by atoms with Crippen molar-refractivity contribution in [3.8, 4) is 17.0 Å². The molecule has 0 spiro atoms. The number of nitrogen functional groups attached to an aromatic ring is 1. The van der Waals surface area contributed by atoms with Crippen molar-refractivity contribution in [2.24, 2.45) is 0 Å². The number of amides is 1. The van der Waals surface area contributed by atoms with Crippen LogP contribution in [0.1, 0.15) is 23.8 Å². The van der Waals surface area contributed by atoms with Crippen molar-refractivity contribution in [1.29, 1.82) is 0 Å². The standard InChI is InChI=1S/C25H28N4O4S/c1-17-10-11-31-12-13-32-14-15-33-22-5-3-2-4-20(22)29-25(30)23-24(26)27-16-21(28-23)18-6-8-19(34-17)9-7-18/h2-9,16-17H,10-15H2,1H3,(H2,26,27)(H,29,30). The van der Waals surface area contributed by atoms with E-state index in [0.29, 0.717) is 55.4 Å². The van der Waals surface area contributed by atoms with E-state index in [2.05, 4.69) is 22.2 Å². The molecule has 3 N–H and O–H groups in total. The SMILES string of the molecule is CC1CCOCCOCCOc2ccccc2NC(=O)c2nc(cnc2N)-c2ccc(cc2)S1. The molecule has 9 heteroatoms. The highest BCUT2D eigenvalue weighted by Gasteiger charge is 2.17. The third-order valence-electron chi connectivity index (χ3n) is 5.16. The molecule has 3 heterocycles. The molecule has 0 saturated heterocycles. The molecule has 1 unspecified atom stereocenters. The lowest BCUT2D eigenvalue weighted by atomic mass is 10.1. The second-order valence-corrected chi connectivity index (χ2v) is 9.27. The van der Waals surface area contributed by atoms with Gasteiger partial charge in [-0.15, -0.1) is 11.8 Å². The number of carbonyl (C=O) groups is 1. The summed E-state index contributed by atoms with van der Waals surface area (Å²) in [4.78, 5) is 22.9. The molecule has 0 saturated carbocycles. The van der Waals surface area contributed by atoms with Crippen LogP contribution >= 0.6 is 11.8 Å². The highest BCUT2D eigenvalue weighted by Crippen LogP contribution is 2.29. The van der Waals surface area contributed by atoms with Crippen LogP contribution in [0, 0.1) is 0 Å². The van der Waals surface area contributed by atoms with Gasteiger partial charge in [0.1, 0.15) is 12.4 Å². The number of nitrogens with zero attached hydrogens (tertiary/aromatic N) is 2. The average Bonchev–Trinajstić information content (AvgIpc) is 2.84. The van der Waals surface area contributed by atoms with E-state index in [-0.39, 0.29) is 11.5 Å². The first-order valence-corrected chi connectivity index (χ1v) is 12.1. The quantitative estimate of drug-likeness (QED) is 0.459. The summed E-state index contributed by atoms with van der Waals surface area (Å²) in [6.45, 7) is 4.66. The maximum Gasteiger partial charge on any atom is 0.278 e. The summed E-state index contributed by atoms with van der Waals surface area (Å²) in [5.74, 6) is 0.132. The van der Waals surface area contributed by atoms with Crippen LogP contribution < -0.4 is 15.8 Å². The van der Waals surface area contributed by atoms with Crippen LogP contribution in [0.25, 0.3) is 11.3 Å². The number of nitrogens with one attached hydrogen (secondary N) is 1. The van der Waals surface area contributed by atoms with E-state index < -0.39 is 5.91 Å². The summed E-state index contributed by atoms with van der Waals surface area (Å²) < 4.78 is 17.1. The molecular formula is C25H28N4O4S. The smallest absolute Gasteiger partial charge is 0.278 e. The average molecular weight is 481 g/mol. The Balaban J connectivity index is 1.59. The number of ether oxygens (including phenoxy) is 3. The van der Waals surface area contributed by atoms with Gasteiger partial charge in [-0.25, -0.2) is 9.97 Å². The third-order valence-corrected chi connectivity index (χ3v) is 6.35. The second kappa shape index (κ2) is 11.8. The number of hydrogen-bond acceptors (Lipinski definition) is 8. The van der Waals surface area contributed by atoms with Gasteiger partial charge in [0.15, 0.2) is 11.5 Å². The first-order valence-electron chi connectivity index (χ1n) is 11.2. The maximum atomic E-state index is 13.0. The molecule has 0 radical (unpaired) electrons. The highest BCUT2D eigenvalue weighted by atomic mass is 32.2. The van der Waals surface area contributed by atoms with E-state index in [4.69, 9.17) is 19.9 Å². The number of thioether (sulfide) groups is 1. The largest absolute Gasteiger partial charge is 0.489 e. The molecule has 8 nitrogen and oxygen atoms in total. The number of anilines is 2. The van der Waals surface area contributed by atoms with Gasteiger partial charge in [0, 0.05) is 22.3 Å². The lowest BCUT2D eigenvalue weighted by Gasteiger charge is -2.14. The third kappa shape index (κ3) is 6.47. The van der Waals surface area contributed by atoms with Gasteiger partial charge < -0.3 is 25.3 Å². The van der Waals surface area contributed by atoms with E-state index in [1.165, 1.54) is 0 Å². The topological polar surface area (TPSA) is 109 Å². The summed E-state index contributed by atoms with van der Waals surface area (Å²) in [5, 5.41) is 3.24. The normalized spacial score (nSPS) is 18.0. The van der Waals surface area contributed by atoms with Gasteiger partial charge in [0.25, 0.3) is 5.91 Å². The molecule has 2 aliphatic rings. The van der Waals surface area contributed by atoms with Gasteiger partial charge in [0.2, 0.25) is 0 Å². The van der Waals surface area contributed by atoms with Crippen LogP contribution in [-0.2, 0) is 9.47 Å². The fourth-order valence-electron chi connectivity index (χ4n) is 3.36. The molecule has 0 aliphatic carbocycles. The van der Waals surface area contributed by atoms with Crippen molar-refractivity contribution in [2.45, 2.75) is 23.5 Å². The molecule has 3 aromatic rings. The Labute approximate surface area is 203 Å². The number of aromatic nitrogens is 2. The van der Waals surface area contributed by atoms with Gasteiger partial charge >= 0.3 is 0 Å². The number of fused-ring (bicyclic) bond motifs is 13. The molecule has 1 aromatic heterocycles. The fraction of sp³-hybridized carbons (Fsp3) is 0.320. The predicted octanol–water partition coefficient (Wildman–Crippen LogP) is 4.27. The Morgan fingerprint density at radius 2 is 1.74 bits per heavy atom. The molecule has 2 aliphatic heterocycles. The zero-order valence-corrected chi connectivity index (χ0v) is 19.8. The Morgan fingerprint density at radius 1 is 1.00 bits per heavy atom. The molecule has 1 amide bonds. The van der Waals surface area contributed by atoms with Gasteiger partial charge in [-0.3, -0.25) is 4.79 Å². The Morgan fingerprint density at radius 3 is 2.56 bits per heavy atom. The van der Waals surface area contributed by atoms with Crippen LogP contribution in [0.2, 0.25) is 0 Å². The van der Waals surface area contributed by atoms with Crippen LogP contribution in [0.15, 0.2) is 59.6 Å². The van der Waals surface area contributed by atoms with E-state index >= 15 is 0 Å². The van der Waals surface area contributed by atoms with Crippen molar-refractivity contribution >= 4 is 29.2 Å². The minimum atomic E-state index is -0.459. The Hall–Kier alpha value is -3.14. The minimum absolute atomic E-state index is 0.0600. The van der Waals surface area contributed by atoms with Crippen LogP contribution in [0.4, 0.5) is 11.5 Å². The number of nitrogens with two attached hydrogens (primary N) is 1. The van der Waals surface area contributed by atoms with E-state index in [1.54, 1.807) is 30.1 Å². The summed E-state index contributed by atoms with van der Waals surface area (Å²) >= 11 is 1.79. The van der Waals surface area contributed by atoms with E-state index in [1.807, 2.05) is 36.4 Å². The van der Waals surface area contributed by atoms with Crippen molar-refractivity contribution in [1.82, 2.24) is 9.97 Å². The van der Waals surface area contributed by atoms with Crippen LogP contribution in [0.3, 0.4) is 0 Å². The highest BCUT2D eigenvalue weighted by molar-refractivity contribution is 7.99. The summed E-state index contributed by atoms with van der Waals surface area (Å²) in [5.41, 5.74) is 7.99. The maximum absolute atomic E-state index is 13.0.